The van der Waals surface area contributed by atoms with Crippen LogP contribution in [0.2, 0.25) is 0 Å². The van der Waals surface area contributed by atoms with Crippen LogP contribution in [0.4, 0.5) is 11.5 Å². The van der Waals surface area contributed by atoms with E-state index >= 15 is 0 Å². The number of aromatic nitrogens is 1. The van der Waals surface area contributed by atoms with Crippen molar-refractivity contribution in [2.75, 3.05) is 11.9 Å². The number of nitrogens with one attached hydrogen (secondary N) is 1. The van der Waals surface area contributed by atoms with Crippen LogP contribution >= 0.6 is 0 Å². The molecular weight excluding hydrogens is 274 g/mol. The predicted molar refractivity (Wildman–Crippen MR) is 77.5 cm³/mol. The van der Waals surface area contributed by atoms with Gasteiger partial charge in [-0.1, -0.05) is 25.7 Å². The Morgan fingerprint density at radius 2 is 2.19 bits per heavy atom. The van der Waals surface area contributed by atoms with Crippen molar-refractivity contribution in [2.24, 2.45) is 5.92 Å². The average Bonchev–Trinajstić information content (AvgIpc) is 2.96. The van der Waals surface area contributed by atoms with E-state index in [9.17, 15) is 14.9 Å². The molecule has 1 aliphatic carbocycles. The van der Waals surface area contributed by atoms with Gasteiger partial charge in [0.25, 0.3) is 0 Å². The summed E-state index contributed by atoms with van der Waals surface area (Å²) < 4.78 is 0. The van der Waals surface area contributed by atoms with E-state index in [1.54, 1.807) is 0 Å². The number of pyridine rings is 1. The Kier molecular flexibility index (Phi) is 5.08. The fourth-order valence-electron chi connectivity index (χ4n) is 2.74. The maximum atomic E-state index is 11.0. The molecule has 1 fully saturated rings. The molecule has 0 aliphatic heterocycles. The van der Waals surface area contributed by atoms with E-state index in [2.05, 4.69) is 10.3 Å². The molecule has 21 heavy (non-hydrogen) atoms. The summed E-state index contributed by atoms with van der Waals surface area (Å²) in [6.45, 7) is 0.608. The number of carboxylic acid groups (broad SMARTS) is 1. The SMILES string of the molecule is O=C(O)c1cnc(NCCCC2CCCC2)c([N+](=O)[O-])c1. The van der Waals surface area contributed by atoms with Crippen LogP contribution in [0, 0.1) is 16.0 Å². The van der Waals surface area contributed by atoms with Crippen LogP contribution in [0.1, 0.15) is 48.9 Å². The van der Waals surface area contributed by atoms with Gasteiger partial charge in [0.15, 0.2) is 0 Å². The van der Waals surface area contributed by atoms with Crippen molar-refractivity contribution >= 4 is 17.5 Å². The lowest BCUT2D eigenvalue weighted by atomic mass is 10.0. The van der Waals surface area contributed by atoms with Crippen LogP contribution in [0.5, 0.6) is 0 Å². The molecule has 114 valence electrons. The summed E-state index contributed by atoms with van der Waals surface area (Å²) in [6.07, 6.45) is 8.37. The Hall–Kier alpha value is -2.18. The van der Waals surface area contributed by atoms with Crippen LogP contribution in [0.15, 0.2) is 12.3 Å². The van der Waals surface area contributed by atoms with E-state index in [1.807, 2.05) is 0 Å². The molecule has 0 saturated heterocycles. The Morgan fingerprint density at radius 1 is 1.48 bits per heavy atom. The lowest BCUT2D eigenvalue weighted by molar-refractivity contribution is -0.384. The first-order valence-electron chi connectivity index (χ1n) is 7.19. The fourth-order valence-corrected chi connectivity index (χ4v) is 2.74. The number of aromatic carboxylic acids is 1. The average molecular weight is 293 g/mol. The third-order valence-corrected chi connectivity index (χ3v) is 3.87. The summed E-state index contributed by atoms with van der Waals surface area (Å²) in [6, 6.07) is 1.04. The molecule has 1 aliphatic rings. The van der Waals surface area contributed by atoms with E-state index in [0.29, 0.717) is 6.54 Å². The van der Waals surface area contributed by atoms with Crippen molar-refractivity contribution in [1.29, 1.82) is 0 Å². The van der Waals surface area contributed by atoms with Gasteiger partial charge in [-0.2, -0.15) is 0 Å². The van der Waals surface area contributed by atoms with Crippen molar-refractivity contribution in [3.63, 3.8) is 0 Å². The third kappa shape index (κ3) is 4.14. The minimum Gasteiger partial charge on any atom is -0.478 e. The minimum absolute atomic E-state index is 0.136. The van der Waals surface area contributed by atoms with Gasteiger partial charge in [0.1, 0.15) is 0 Å². The zero-order valence-electron chi connectivity index (χ0n) is 11.7. The quantitative estimate of drug-likeness (QED) is 0.454. The first kappa shape index (κ1) is 15.2. The maximum absolute atomic E-state index is 11.0. The number of carbonyl (C=O) groups is 1. The smallest absolute Gasteiger partial charge is 0.337 e. The lowest BCUT2D eigenvalue weighted by Gasteiger charge is -2.10. The molecule has 2 N–H and O–H groups in total. The third-order valence-electron chi connectivity index (χ3n) is 3.87. The van der Waals surface area contributed by atoms with Gasteiger partial charge < -0.3 is 10.4 Å². The molecule has 0 radical (unpaired) electrons. The number of carboxylic acids is 1. The Balaban J connectivity index is 1.92. The summed E-state index contributed by atoms with van der Waals surface area (Å²) in [5.74, 6) is -0.307. The van der Waals surface area contributed by atoms with Gasteiger partial charge in [0, 0.05) is 18.8 Å². The number of hydrogen-bond acceptors (Lipinski definition) is 5. The van der Waals surface area contributed by atoms with Gasteiger partial charge in [-0.15, -0.1) is 0 Å². The number of nitro groups is 1. The number of hydrogen-bond donors (Lipinski definition) is 2. The molecule has 1 heterocycles. The van der Waals surface area contributed by atoms with Crippen LogP contribution in [0.3, 0.4) is 0 Å². The van der Waals surface area contributed by atoms with E-state index in [-0.39, 0.29) is 17.1 Å². The molecule has 1 saturated carbocycles. The van der Waals surface area contributed by atoms with E-state index < -0.39 is 10.9 Å². The van der Waals surface area contributed by atoms with E-state index in [4.69, 9.17) is 5.11 Å². The molecule has 0 aromatic carbocycles. The van der Waals surface area contributed by atoms with Gasteiger partial charge in [-0.05, 0) is 18.8 Å². The van der Waals surface area contributed by atoms with Crippen molar-refractivity contribution in [2.45, 2.75) is 38.5 Å². The lowest BCUT2D eigenvalue weighted by Crippen LogP contribution is -2.09. The Morgan fingerprint density at radius 3 is 2.81 bits per heavy atom. The highest BCUT2D eigenvalue weighted by molar-refractivity contribution is 5.88. The number of anilines is 1. The minimum atomic E-state index is -1.22. The molecule has 0 spiro atoms. The molecule has 2 rings (SSSR count). The number of rotatable bonds is 7. The van der Waals surface area contributed by atoms with Gasteiger partial charge in [0.2, 0.25) is 5.82 Å². The van der Waals surface area contributed by atoms with Crippen molar-refractivity contribution < 1.29 is 14.8 Å². The van der Waals surface area contributed by atoms with Crippen LogP contribution < -0.4 is 5.32 Å². The fraction of sp³-hybridized carbons (Fsp3) is 0.571. The largest absolute Gasteiger partial charge is 0.478 e. The van der Waals surface area contributed by atoms with E-state index in [0.717, 1.165) is 31.0 Å². The zero-order chi connectivity index (χ0) is 15.2. The molecule has 1 aromatic heterocycles. The van der Waals surface area contributed by atoms with Crippen molar-refractivity contribution in [1.82, 2.24) is 4.98 Å². The standard InChI is InChI=1S/C14H19N3O4/c18-14(19)11-8-12(17(20)21)13(16-9-11)15-7-3-6-10-4-1-2-5-10/h8-10H,1-7H2,(H,15,16)(H,18,19). The normalized spacial score (nSPS) is 15.0. The topological polar surface area (TPSA) is 105 Å². The molecule has 0 amide bonds. The predicted octanol–water partition coefficient (Wildman–Crippen LogP) is 3.07. The summed E-state index contributed by atoms with van der Waals surface area (Å²) in [5.41, 5.74) is -0.478. The van der Waals surface area contributed by atoms with Crippen molar-refractivity contribution in [3.8, 4) is 0 Å². The highest BCUT2D eigenvalue weighted by Crippen LogP contribution is 2.28. The molecule has 0 unspecified atom stereocenters. The first-order chi connectivity index (χ1) is 10.1. The molecular formula is C14H19N3O4. The second-order valence-corrected chi connectivity index (χ2v) is 5.37. The molecule has 1 aromatic rings. The van der Waals surface area contributed by atoms with Gasteiger partial charge in [0.05, 0.1) is 10.5 Å². The first-order valence-corrected chi connectivity index (χ1v) is 7.19. The molecule has 7 nitrogen and oxygen atoms in total. The monoisotopic (exact) mass is 293 g/mol. The maximum Gasteiger partial charge on any atom is 0.337 e. The van der Waals surface area contributed by atoms with Crippen LogP contribution in [-0.2, 0) is 0 Å². The van der Waals surface area contributed by atoms with Gasteiger partial charge in [-0.3, -0.25) is 10.1 Å². The molecule has 0 atom stereocenters. The highest BCUT2D eigenvalue weighted by Gasteiger charge is 2.19. The second kappa shape index (κ2) is 7.01. The summed E-state index contributed by atoms with van der Waals surface area (Å²) in [5, 5.41) is 22.7. The summed E-state index contributed by atoms with van der Waals surface area (Å²) in [4.78, 5) is 25.0. The summed E-state index contributed by atoms with van der Waals surface area (Å²) in [7, 11) is 0. The molecule has 0 bridgehead atoms. The Bertz CT molecular complexity index is 527. The van der Waals surface area contributed by atoms with Crippen LogP contribution in [-0.4, -0.2) is 27.5 Å². The highest BCUT2D eigenvalue weighted by atomic mass is 16.6. The van der Waals surface area contributed by atoms with Crippen LogP contribution in [0.25, 0.3) is 0 Å². The van der Waals surface area contributed by atoms with Crippen molar-refractivity contribution in [3.05, 3.63) is 27.9 Å². The number of nitrogens with zero attached hydrogens (tertiary/aromatic N) is 2. The Labute approximate surface area is 122 Å². The summed E-state index contributed by atoms with van der Waals surface area (Å²) >= 11 is 0. The zero-order valence-corrected chi connectivity index (χ0v) is 11.7. The van der Waals surface area contributed by atoms with Gasteiger partial charge in [-0.25, -0.2) is 9.78 Å². The molecule has 7 heteroatoms. The van der Waals surface area contributed by atoms with E-state index in [1.165, 1.54) is 25.7 Å². The second-order valence-electron chi connectivity index (χ2n) is 5.37. The van der Waals surface area contributed by atoms with Gasteiger partial charge >= 0.3 is 11.7 Å².